The third-order valence-corrected chi connectivity index (χ3v) is 4.66. The molecule has 0 N–H and O–H groups in total. The minimum absolute atomic E-state index is 0.0551. The zero-order chi connectivity index (χ0) is 14.4. The van der Waals surface area contributed by atoms with E-state index in [1.54, 1.807) is 18.5 Å². The van der Waals surface area contributed by atoms with Crippen molar-refractivity contribution in [3.05, 3.63) is 58.6 Å². The number of fused-ring (bicyclic) bond motifs is 4. The molecule has 1 saturated heterocycles. The predicted octanol–water partition coefficient (Wildman–Crippen LogP) is 3.03. The second-order valence-electron chi connectivity index (χ2n) is 5.60. The summed E-state index contributed by atoms with van der Waals surface area (Å²) in [6.07, 6.45) is 6.27. The van der Waals surface area contributed by atoms with E-state index in [-0.39, 0.29) is 18.0 Å². The maximum Gasteiger partial charge on any atom is 0.254 e. The van der Waals surface area contributed by atoms with Gasteiger partial charge in [-0.1, -0.05) is 17.7 Å². The molecule has 2 aliphatic heterocycles. The molecular formula is C16H14ClN3O. The normalized spacial score (nSPS) is 23.0. The summed E-state index contributed by atoms with van der Waals surface area (Å²) in [4.78, 5) is 23.3. The minimum atomic E-state index is 0.0551. The second kappa shape index (κ2) is 4.81. The van der Waals surface area contributed by atoms with Gasteiger partial charge in [0.15, 0.2) is 0 Å². The fraction of sp³-hybridized carbons (Fsp3) is 0.312. The molecule has 1 aromatic heterocycles. The highest BCUT2D eigenvalue weighted by Gasteiger charge is 2.43. The molecule has 1 fully saturated rings. The Morgan fingerprint density at radius 3 is 3.10 bits per heavy atom. The summed E-state index contributed by atoms with van der Waals surface area (Å²) in [5, 5.41) is 0.592. The summed E-state index contributed by atoms with van der Waals surface area (Å²) < 4.78 is 0. The highest BCUT2D eigenvalue weighted by atomic mass is 35.5. The number of aromatic nitrogens is 2. The molecule has 106 valence electrons. The lowest BCUT2D eigenvalue weighted by Crippen LogP contribution is -2.42. The monoisotopic (exact) mass is 299 g/mol. The van der Waals surface area contributed by atoms with Gasteiger partial charge in [-0.15, -0.1) is 0 Å². The van der Waals surface area contributed by atoms with Crippen LogP contribution in [0.25, 0.3) is 0 Å². The molecule has 2 unspecified atom stereocenters. The molecule has 21 heavy (non-hydrogen) atoms. The lowest BCUT2D eigenvalue weighted by atomic mass is 9.98. The Bertz CT molecular complexity index is 718. The Morgan fingerprint density at radius 2 is 2.24 bits per heavy atom. The zero-order valence-corrected chi connectivity index (χ0v) is 12.1. The van der Waals surface area contributed by atoms with Gasteiger partial charge in [-0.05, 0) is 31.0 Å². The lowest BCUT2D eigenvalue weighted by Gasteiger charge is -2.35. The lowest BCUT2D eigenvalue weighted by molar-refractivity contribution is 0.0644. The van der Waals surface area contributed by atoms with Gasteiger partial charge >= 0.3 is 0 Å². The largest absolute Gasteiger partial charge is 0.328 e. The summed E-state index contributed by atoms with van der Waals surface area (Å²) in [7, 11) is 0. The third-order valence-electron chi connectivity index (χ3n) is 4.42. The van der Waals surface area contributed by atoms with Gasteiger partial charge < -0.3 is 4.90 Å². The summed E-state index contributed by atoms with van der Waals surface area (Å²) >= 11 is 6.01. The number of carbonyl (C=O) groups is 1. The van der Waals surface area contributed by atoms with Crippen LogP contribution in [0.5, 0.6) is 0 Å². The number of hydrogen-bond donors (Lipinski definition) is 0. The third kappa shape index (κ3) is 2.02. The van der Waals surface area contributed by atoms with Crippen LogP contribution >= 0.6 is 11.6 Å². The Kier molecular flexibility index (Phi) is 2.93. The van der Waals surface area contributed by atoms with Gasteiger partial charge in [0.1, 0.15) is 6.33 Å². The molecule has 4 nitrogen and oxygen atoms in total. The summed E-state index contributed by atoms with van der Waals surface area (Å²) in [6, 6.07) is 7.51. The van der Waals surface area contributed by atoms with Crippen LogP contribution in [-0.4, -0.2) is 26.8 Å². The van der Waals surface area contributed by atoms with E-state index in [1.165, 1.54) is 0 Å². The predicted molar refractivity (Wildman–Crippen MR) is 79.1 cm³/mol. The van der Waals surface area contributed by atoms with Gasteiger partial charge in [-0.3, -0.25) is 4.79 Å². The SMILES string of the molecule is O=C(c1cccc(Cl)c1)N1C2CCC1c1cncnc1C2. The minimum Gasteiger partial charge on any atom is -0.328 e. The first-order valence-electron chi connectivity index (χ1n) is 7.11. The van der Waals surface area contributed by atoms with Gasteiger partial charge in [-0.2, -0.15) is 0 Å². The van der Waals surface area contributed by atoms with Gasteiger partial charge in [-0.25, -0.2) is 9.97 Å². The summed E-state index contributed by atoms with van der Waals surface area (Å²) in [5.74, 6) is 0.0551. The Labute approximate surface area is 127 Å². The Balaban J connectivity index is 1.73. The number of carbonyl (C=O) groups excluding carboxylic acids is 1. The van der Waals surface area contributed by atoms with E-state index in [9.17, 15) is 4.79 Å². The maximum absolute atomic E-state index is 12.8. The average molecular weight is 300 g/mol. The number of rotatable bonds is 1. The topological polar surface area (TPSA) is 46.1 Å². The first-order chi connectivity index (χ1) is 10.2. The van der Waals surface area contributed by atoms with Crippen LogP contribution in [0.15, 0.2) is 36.8 Å². The number of nitrogens with zero attached hydrogens (tertiary/aromatic N) is 3. The van der Waals surface area contributed by atoms with E-state index in [1.807, 2.05) is 23.2 Å². The Hall–Kier alpha value is -1.94. The first-order valence-corrected chi connectivity index (χ1v) is 7.49. The summed E-state index contributed by atoms with van der Waals surface area (Å²) in [5.41, 5.74) is 2.84. The molecule has 5 heteroatoms. The van der Waals surface area contributed by atoms with Gasteiger partial charge in [0.25, 0.3) is 5.91 Å². The number of halogens is 1. The van der Waals surface area contributed by atoms with E-state index in [2.05, 4.69) is 9.97 Å². The molecule has 1 amide bonds. The molecule has 3 heterocycles. The van der Waals surface area contributed by atoms with E-state index < -0.39 is 0 Å². The van der Waals surface area contributed by atoms with Crippen molar-refractivity contribution in [2.75, 3.05) is 0 Å². The molecule has 1 aromatic carbocycles. The molecule has 2 bridgehead atoms. The van der Waals surface area contributed by atoms with E-state index in [4.69, 9.17) is 11.6 Å². The molecule has 0 radical (unpaired) electrons. The van der Waals surface area contributed by atoms with Crippen molar-refractivity contribution in [2.24, 2.45) is 0 Å². The van der Waals surface area contributed by atoms with E-state index in [0.717, 1.165) is 30.5 Å². The Morgan fingerprint density at radius 1 is 1.33 bits per heavy atom. The molecule has 0 spiro atoms. The zero-order valence-electron chi connectivity index (χ0n) is 11.4. The van der Waals surface area contributed by atoms with E-state index >= 15 is 0 Å². The number of hydrogen-bond acceptors (Lipinski definition) is 3. The molecule has 2 atom stereocenters. The van der Waals surface area contributed by atoms with Crippen LogP contribution in [0.3, 0.4) is 0 Å². The van der Waals surface area contributed by atoms with Crippen molar-refractivity contribution in [1.29, 1.82) is 0 Å². The fourth-order valence-corrected chi connectivity index (χ4v) is 3.69. The second-order valence-corrected chi connectivity index (χ2v) is 6.04. The van der Waals surface area contributed by atoms with Gasteiger partial charge in [0, 0.05) is 34.8 Å². The molecule has 0 saturated carbocycles. The van der Waals surface area contributed by atoms with Crippen molar-refractivity contribution in [2.45, 2.75) is 31.3 Å². The summed E-state index contributed by atoms with van der Waals surface area (Å²) in [6.45, 7) is 0. The van der Waals surface area contributed by atoms with Crippen molar-refractivity contribution in [3.8, 4) is 0 Å². The average Bonchev–Trinajstić information content (AvgIpc) is 2.81. The van der Waals surface area contributed by atoms with Crippen molar-refractivity contribution < 1.29 is 4.79 Å². The molecule has 0 aliphatic carbocycles. The highest BCUT2D eigenvalue weighted by molar-refractivity contribution is 6.30. The van der Waals surface area contributed by atoms with Crippen molar-refractivity contribution in [3.63, 3.8) is 0 Å². The number of amides is 1. The van der Waals surface area contributed by atoms with Gasteiger partial charge in [0.05, 0.1) is 11.7 Å². The molecule has 2 aromatic rings. The van der Waals surface area contributed by atoms with Crippen LogP contribution in [0.1, 0.15) is 40.5 Å². The van der Waals surface area contributed by atoms with Gasteiger partial charge in [0.2, 0.25) is 0 Å². The van der Waals surface area contributed by atoms with Crippen LogP contribution in [-0.2, 0) is 6.42 Å². The van der Waals surface area contributed by atoms with Crippen molar-refractivity contribution >= 4 is 17.5 Å². The quantitative estimate of drug-likeness (QED) is 0.813. The van der Waals surface area contributed by atoms with Crippen LogP contribution in [0.2, 0.25) is 5.02 Å². The number of benzene rings is 1. The first kappa shape index (κ1) is 12.8. The van der Waals surface area contributed by atoms with Crippen LogP contribution in [0, 0.1) is 0 Å². The maximum atomic E-state index is 12.8. The van der Waals surface area contributed by atoms with Crippen LogP contribution in [0.4, 0.5) is 0 Å². The van der Waals surface area contributed by atoms with Crippen molar-refractivity contribution in [1.82, 2.24) is 14.9 Å². The molecule has 2 aliphatic rings. The molecular weight excluding hydrogens is 286 g/mol. The van der Waals surface area contributed by atoms with E-state index in [0.29, 0.717) is 10.6 Å². The fourth-order valence-electron chi connectivity index (χ4n) is 3.50. The standard InChI is InChI=1S/C16H14ClN3O/c17-11-3-1-2-10(6-11)16(21)20-12-4-5-15(20)13-8-18-9-19-14(13)7-12/h1-3,6,8-9,12,15H,4-5,7H2. The van der Waals surface area contributed by atoms with Crippen LogP contribution < -0.4 is 0 Å². The smallest absolute Gasteiger partial charge is 0.254 e. The highest BCUT2D eigenvalue weighted by Crippen LogP contribution is 2.43. The molecule has 4 rings (SSSR count).